The number of pyridine rings is 2. The molecule has 1 N–H and O–H groups in total. The lowest BCUT2D eigenvalue weighted by molar-refractivity contribution is 0.102. The van der Waals surface area contributed by atoms with E-state index in [1.54, 1.807) is 29.1 Å². The van der Waals surface area contributed by atoms with Crippen LogP contribution < -0.4 is 5.32 Å². The Kier molecular flexibility index (Phi) is 3.93. The molecule has 0 aliphatic rings. The van der Waals surface area contributed by atoms with Gasteiger partial charge in [-0.05, 0) is 43.7 Å². The summed E-state index contributed by atoms with van der Waals surface area (Å²) >= 11 is 0. The van der Waals surface area contributed by atoms with Crippen LogP contribution in [0.2, 0.25) is 0 Å². The van der Waals surface area contributed by atoms with Crippen molar-refractivity contribution in [2.75, 3.05) is 5.32 Å². The molecule has 0 fully saturated rings. The molecule has 0 aliphatic carbocycles. The molecule has 0 radical (unpaired) electrons. The lowest BCUT2D eigenvalue weighted by Gasteiger charge is -2.10. The molecule has 0 spiro atoms. The zero-order valence-electron chi connectivity index (χ0n) is 14.5. The summed E-state index contributed by atoms with van der Waals surface area (Å²) in [6, 6.07) is 16.9. The molecule has 3 aromatic heterocycles. The Labute approximate surface area is 150 Å². The normalized spacial score (nSPS) is 10.8. The van der Waals surface area contributed by atoms with Gasteiger partial charge in [0.1, 0.15) is 11.5 Å². The van der Waals surface area contributed by atoms with E-state index in [0.717, 1.165) is 22.2 Å². The van der Waals surface area contributed by atoms with E-state index in [9.17, 15) is 4.79 Å². The number of carbonyl (C=O) groups is 1. The van der Waals surface area contributed by atoms with Gasteiger partial charge < -0.3 is 5.32 Å². The molecule has 0 atom stereocenters. The maximum Gasteiger partial charge on any atom is 0.275 e. The van der Waals surface area contributed by atoms with Crippen molar-refractivity contribution in [3.8, 4) is 5.82 Å². The number of nitrogens with zero attached hydrogens (tertiary/aromatic N) is 4. The zero-order chi connectivity index (χ0) is 18.1. The van der Waals surface area contributed by atoms with Gasteiger partial charge in [-0.2, -0.15) is 9.78 Å². The van der Waals surface area contributed by atoms with Crippen molar-refractivity contribution in [2.24, 2.45) is 0 Å². The van der Waals surface area contributed by atoms with E-state index >= 15 is 0 Å². The molecule has 0 bridgehead atoms. The average molecular weight is 343 g/mol. The standard InChI is InChI=1S/C20H17N5O/c1-13-11-18(22-16-8-4-3-7-15(13)16)25-19(12-14(2)24-25)23-20(26)17-9-5-6-10-21-17/h3-12H,1-2H3,(H,23,26). The molecule has 0 aliphatic heterocycles. The number of benzene rings is 1. The largest absolute Gasteiger partial charge is 0.305 e. The number of aromatic nitrogens is 4. The van der Waals surface area contributed by atoms with Crippen LogP contribution in [0.1, 0.15) is 21.7 Å². The summed E-state index contributed by atoms with van der Waals surface area (Å²) in [7, 11) is 0. The Morgan fingerprint density at radius 2 is 1.85 bits per heavy atom. The topological polar surface area (TPSA) is 72.7 Å². The van der Waals surface area contributed by atoms with Gasteiger partial charge in [0.05, 0.1) is 11.2 Å². The average Bonchev–Trinajstić information content (AvgIpc) is 3.02. The van der Waals surface area contributed by atoms with Crippen molar-refractivity contribution in [1.82, 2.24) is 19.7 Å². The van der Waals surface area contributed by atoms with Crippen LogP contribution in [0, 0.1) is 13.8 Å². The molecule has 6 nitrogen and oxygen atoms in total. The third-order valence-electron chi connectivity index (χ3n) is 4.10. The fourth-order valence-electron chi connectivity index (χ4n) is 2.88. The molecular formula is C20H17N5O. The SMILES string of the molecule is Cc1cc(NC(=O)c2ccccn2)n(-c2cc(C)c3ccccc3n2)n1. The van der Waals surface area contributed by atoms with E-state index < -0.39 is 0 Å². The molecule has 1 aromatic carbocycles. The monoisotopic (exact) mass is 343 g/mol. The number of carbonyl (C=O) groups excluding carboxylic acids is 1. The van der Waals surface area contributed by atoms with Crippen molar-refractivity contribution in [3.05, 3.63) is 77.7 Å². The number of fused-ring (bicyclic) bond motifs is 1. The summed E-state index contributed by atoms with van der Waals surface area (Å²) in [6.07, 6.45) is 1.59. The lowest BCUT2D eigenvalue weighted by atomic mass is 10.1. The minimum atomic E-state index is -0.288. The van der Waals surface area contributed by atoms with Crippen molar-refractivity contribution in [1.29, 1.82) is 0 Å². The highest BCUT2D eigenvalue weighted by atomic mass is 16.2. The number of nitrogens with one attached hydrogen (secondary N) is 1. The molecule has 0 saturated heterocycles. The van der Waals surface area contributed by atoms with Crippen molar-refractivity contribution in [2.45, 2.75) is 13.8 Å². The van der Waals surface area contributed by atoms with E-state index in [1.165, 1.54) is 0 Å². The van der Waals surface area contributed by atoms with Gasteiger partial charge in [-0.15, -0.1) is 0 Å². The number of hydrogen-bond donors (Lipinski definition) is 1. The van der Waals surface area contributed by atoms with Crippen molar-refractivity contribution in [3.63, 3.8) is 0 Å². The summed E-state index contributed by atoms with van der Waals surface area (Å²) in [5, 5.41) is 8.46. The van der Waals surface area contributed by atoms with Gasteiger partial charge in [0.25, 0.3) is 5.91 Å². The maximum atomic E-state index is 12.5. The predicted molar refractivity (Wildman–Crippen MR) is 101 cm³/mol. The van der Waals surface area contributed by atoms with Crippen LogP contribution in [0.3, 0.4) is 0 Å². The molecular weight excluding hydrogens is 326 g/mol. The molecule has 0 saturated carbocycles. The van der Waals surface area contributed by atoms with E-state index in [4.69, 9.17) is 4.98 Å². The van der Waals surface area contributed by atoms with E-state index in [2.05, 4.69) is 15.4 Å². The molecule has 3 heterocycles. The van der Waals surface area contributed by atoms with Crippen LogP contribution >= 0.6 is 0 Å². The maximum absolute atomic E-state index is 12.5. The first-order valence-electron chi connectivity index (χ1n) is 8.27. The number of aryl methyl sites for hydroxylation is 2. The lowest BCUT2D eigenvalue weighted by Crippen LogP contribution is -2.16. The van der Waals surface area contributed by atoms with Gasteiger partial charge in [-0.3, -0.25) is 9.78 Å². The fourth-order valence-corrected chi connectivity index (χ4v) is 2.88. The molecule has 1 amide bonds. The highest BCUT2D eigenvalue weighted by molar-refractivity contribution is 6.02. The summed E-state index contributed by atoms with van der Waals surface area (Å²) < 4.78 is 1.65. The van der Waals surface area contributed by atoms with Gasteiger partial charge in [0.2, 0.25) is 0 Å². The molecule has 6 heteroatoms. The smallest absolute Gasteiger partial charge is 0.275 e. The number of anilines is 1. The van der Waals surface area contributed by atoms with Crippen LogP contribution in [0.4, 0.5) is 5.82 Å². The first-order valence-corrected chi connectivity index (χ1v) is 8.27. The highest BCUT2D eigenvalue weighted by Crippen LogP contribution is 2.22. The van der Waals surface area contributed by atoms with Crippen molar-refractivity contribution >= 4 is 22.6 Å². The summed E-state index contributed by atoms with van der Waals surface area (Å²) in [5.74, 6) is 0.926. The van der Waals surface area contributed by atoms with Crippen LogP contribution in [-0.2, 0) is 0 Å². The Morgan fingerprint density at radius 1 is 1.04 bits per heavy atom. The Bertz CT molecular complexity index is 1100. The van der Waals surface area contributed by atoms with Gasteiger partial charge in [-0.1, -0.05) is 24.3 Å². The van der Waals surface area contributed by atoms with Gasteiger partial charge in [0.15, 0.2) is 5.82 Å². The van der Waals surface area contributed by atoms with E-state index in [-0.39, 0.29) is 5.91 Å². The van der Waals surface area contributed by atoms with Crippen LogP contribution in [0.25, 0.3) is 16.7 Å². The minimum absolute atomic E-state index is 0.288. The zero-order valence-corrected chi connectivity index (χ0v) is 14.5. The summed E-state index contributed by atoms with van der Waals surface area (Å²) in [6.45, 7) is 3.91. The predicted octanol–water partition coefficient (Wildman–Crippen LogP) is 3.68. The second-order valence-electron chi connectivity index (χ2n) is 6.07. The Hall–Kier alpha value is -3.54. The molecule has 4 rings (SSSR count). The molecule has 0 unspecified atom stereocenters. The second kappa shape index (κ2) is 6.40. The third-order valence-corrected chi connectivity index (χ3v) is 4.10. The first-order chi connectivity index (χ1) is 12.6. The summed E-state index contributed by atoms with van der Waals surface area (Å²) in [4.78, 5) is 21.2. The van der Waals surface area contributed by atoms with Crippen LogP contribution in [0.15, 0.2) is 60.8 Å². The highest BCUT2D eigenvalue weighted by Gasteiger charge is 2.14. The van der Waals surface area contributed by atoms with Gasteiger partial charge in [-0.25, -0.2) is 4.98 Å². The number of rotatable bonds is 3. The van der Waals surface area contributed by atoms with Gasteiger partial charge in [0, 0.05) is 17.6 Å². The molecule has 26 heavy (non-hydrogen) atoms. The quantitative estimate of drug-likeness (QED) is 0.616. The number of para-hydroxylation sites is 1. The van der Waals surface area contributed by atoms with E-state index in [1.807, 2.05) is 50.2 Å². The Balaban J connectivity index is 1.75. The van der Waals surface area contributed by atoms with E-state index in [0.29, 0.717) is 17.3 Å². The van der Waals surface area contributed by atoms with Crippen LogP contribution in [0.5, 0.6) is 0 Å². The third kappa shape index (κ3) is 2.93. The van der Waals surface area contributed by atoms with Gasteiger partial charge >= 0.3 is 0 Å². The van der Waals surface area contributed by atoms with Crippen LogP contribution in [-0.4, -0.2) is 25.7 Å². The molecule has 128 valence electrons. The fraction of sp³-hybridized carbons (Fsp3) is 0.100. The minimum Gasteiger partial charge on any atom is -0.305 e. The number of hydrogen-bond acceptors (Lipinski definition) is 4. The first kappa shape index (κ1) is 16.0. The second-order valence-corrected chi connectivity index (χ2v) is 6.07. The number of amides is 1. The summed E-state index contributed by atoms with van der Waals surface area (Å²) in [5.41, 5.74) is 3.12. The van der Waals surface area contributed by atoms with Crippen molar-refractivity contribution < 1.29 is 4.79 Å². The molecule has 4 aromatic rings. The Morgan fingerprint density at radius 3 is 2.65 bits per heavy atom.